The lowest BCUT2D eigenvalue weighted by atomic mass is 10.1. The molecule has 0 radical (unpaired) electrons. The predicted octanol–water partition coefficient (Wildman–Crippen LogP) is 3.06. The molecular formula is C18H23NO4S. The van der Waals surface area contributed by atoms with Crippen molar-refractivity contribution in [3.63, 3.8) is 0 Å². The maximum atomic E-state index is 12.4. The van der Waals surface area contributed by atoms with Crippen molar-refractivity contribution in [3.05, 3.63) is 53.6 Å². The van der Waals surface area contributed by atoms with Crippen LogP contribution < -0.4 is 14.2 Å². The van der Waals surface area contributed by atoms with Crippen LogP contribution in [-0.4, -0.2) is 28.2 Å². The fourth-order valence-corrected chi connectivity index (χ4v) is 3.63. The van der Waals surface area contributed by atoms with Gasteiger partial charge in [-0.05, 0) is 44.0 Å². The van der Waals surface area contributed by atoms with Crippen molar-refractivity contribution in [3.8, 4) is 11.5 Å². The second-order valence-corrected chi connectivity index (χ2v) is 7.45. The fourth-order valence-electron chi connectivity index (χ4n) is 2.37. The van der Waals surface area contributed by atoms with E-state index in [0.29, 0.717) is 5.75 Å². The van der Waals surface area contributed by atoms with Gasteiger partial charge in [-0.2, -0.15) is 0 Å². The molecule has 1 unspecified atom stereocenters. The van der Waals surface area contributed by atoms with Crippen LogP contribution in [0.3, 0.4) is 0 Å². The van der Waals surface area contributed by atoms with E-state index in [1.165, 1.54) is 19.2 Å². The summed E-state index contributed by atoms with van der Waals surface area (Å²) < 4.78 is 38.4. The minimum atomic E-state index is -3.63. The van der Waals surface area contributed by atoms with Crippen molar-refractivity contribution >= 4 is 10.0 Å². The molecule has 2 rings (SSSR count). The van der Waals surface area contributed by atoms with Gasteiger partial charge >= 0.3 is 0 Å². The standard InChI is InChI=1S/C18H23NO4S/c1-13-7-5-8-14(2)18(13)23-12-15(3)19-24(20,21)17-10-6-9-16(11-17)22-4/h5-11,15,19H,12H2,1-4H3. The van der Waals surface area contributed by atoms with Gasteiger partial charge < -0.3 is 9.47 Å². The van der Waals surface area contributed by atoms with E-state index in [1.807, 2.05) is 32.0 Å². The molecule has 0 saturated heterocycles. The quantitative estimate of drug-likeness (QED) is 0.834. The monoisotopic (exact) mass is 349 g/mol. The number of aryl methyl sites for hydroxylation is 2. The van der Waals surface area contributed by atoms with Crippen molar-refractivity contribution in [1.82, 2.24) is 4.72 Å². The van der Waals surface area contributed by atoms with Gasteiger partial charge in [0.15, 0.2) is 0 Å². The Morgan fingerprint density at radius 2 is 1.71 bits per heavy atom. The maximum absolute atomic E-state index is 12.4. The zero-order chi connectivity index (χ0) is 17.7. The number of hydrogen-bond acceptors (Lipinski definition) is 4. The smallest absolute Gasteiger partial charge is 0.241 e. The van der Waals surface area contributed by atoms with Crippen molar-refractivity contribution in [2.75, 3.05) is 13.7 Å². The van der Waals surface area contributed by atoms with Crippen molar-refractivity contribution in [2.24, 2.45) is 0 Å². The summed E-state index contributed by atoms with van der Waals surface area (Å²) in [5.41, 5.74) is 2.05. The molecule has 0 aromatic heterocycles. The molecule has 0 amide bonds. The molecule has 0 fully saturated rings. The number of rotatable bonds is 7. The first-order valence-corrected chi connectivity index (χ1v) is 9.17. The Bertz CT molecular complexity index is 782. The Hall–Kier alpha value is -2.05. The molecule has 130 valence electrons. The van der Waals surface area contributed by atoms with Crippen LogP contribution in [0.25, 0.3) is 0 Å². The lowest BCUT2D eigenvalue weighted by molar-refractivity contribution is 0.284. The minimum Gasteiger partial charge on any atom is -0.497 e. The van der Waals surface area contributed by atoms with Gasteiger partial charge in [0.2, 0.25) is 10.0 Å². The van der Waals surface area contributed by atoms with Crippen LogP contribution in [0.1, 0.15) is 18.1 Å². The van der Waals surface area contributed by atoms with Gasteiger partial charge in [-0.15, -0.1) is 0 Å². The number of ether oxygens (including phenoxy) is 2. The molecule has 1 N–H and O–H groups in total. The minimum absolute atomic E-state index is 0.167. The molecule has 2 aromatic carbocycles. The molecule has 0 spiro atoms. The van der Waals surface area contributed by atoms with Crippen LogP contribution >= 0.6 is 0 Å². The van der Waals surface area contributed by atoms with Crippen molar-refractivity contribution in [1.29, 1.82) is 0 Å². The third kappa shape index (κ3) is 4.49. The number of hydrogen-bond donors (Lipinski definition) is 1. The van der Waals surface area contributed by atoms with Crippen LogP contribution in [-0.2, 0) is 10.0 Å². The first kappa shape index (κ1) is 18.3. The first-order chi connectivity index (χ1) is 11.3. The highest BCUT2D eigenvalue weighted by atomic mass is 32.2. The summed E-state index contributed by atoms with van der Waals surface area (Å²) in [6, 6.07) is 11.9. The predicted molar refractivity (Wildman–Crippen MR) is 94.2 cm³/mol. The van der Waals surface area contributed by atoms with E-state index in [0.717, 1.165) is 16.9 Å². The van der Waals surface area contributed by atoms with Gasteiger partial charge in [-0.3, -0.25) is 0 Å². The SMILES string of the molecule is COc1cccc(S(=O)(=O)NC(C)COc2c(C)cccc2C)c1. The van der Waals surface area contributed by atoms with Gasteiger partial charge in [0.25, 0.3) is 0 Å². The van der Waals surface area contributed by atoms with E-state index in [9.17, 15) is 8.42 Å². The van der Waals surface area contributed by atoms with Gasteiger partial charge in [0, 0.05) is 6.07 Å². The van der Waals surface area contributed by atoms with E-state index in [4.69, 9.17) is 9.47 Å². The molecule has 0 aliphatic heterocycles. The van der Waals surface area contributed by atoms with E-state index in [1.54, 1.807) is 19.1 Å². The summed E-state index contributed by atoms with van der Waals surface area (Å²) in [5.74, 6) is 1.29. The van der Waals surface area contributed by atoms with Crippen LogP contribution in [0.5, 0.6) is 11.5 Å². The van der Waals surface area contributed by atoms with Gasteiger partial charge in [0.05, 0.1) is 18.0 Å². The summed E-state index contributed by atoms with van der Waals surface area (Å²) in [6.07, 6.45) is 0. The average molecular weight is 349 g/mol. The highest BCUT2D eigenvalue weighted by Gasteiger charge is 2.18. The Morgan fingerprint density at radius 3 is 2.33 bits per heavy atom. The molecule has 0 heterocycles. The second kappa shape index (κ2) is 7.68. The molecule has 2 aromatic rings. The topological polar surface area (TPSA) is 64.6 Å². The van der Waals surface area contributed by atoms with E-state index in [-0.39, 0.29) is 17.5 Å². The van der Waals surface area contributed by atoms with Crippen molar-refractivity contribution in [2.45, 2.75) is 31.7 Å². The van der Waals surface area contributed by atoms with Gasteiger partial charge in [0.1, 0.15) is 18.1 Å². The number of para-hydroxylation sites is 1. The maximum Gasteiger partial charge on any atom is 0.241 e. The highest BCUT2D eigenvalue weighted by Crippen LogP contribution is 2.22. The zero-order valence-corrected chi connectivity index (χ0v) is 15.2. The number of benzene rings is 2. The molecule has 24 heavy (non-hydrogen) atoms. The third-order valence-corrected chi connectivity index (χ3v) is 5.18. The number of sulfonamides is 1. The molecule has 0 aliphatic rings. The molecule has 1 atom stereocenters. The Kier molecular flexibility index (Phi) is 5.85. The number of nitrogens with one attached hydrogen (secondary N) is 1. The van der Waals surface area contributed by atoms with Crippen LogP contribution in [0.15, 0.2) is 47.4 Å². The molecular weight excluding hydrogens is 326 g/mol. The first-order valence-electron chi connectivity index (χ1n) is 7.69. The highest BCUT2D eigenvalue weighted by molar-refractivity contribution is 7.89. The van der Waals surface area contributed by atoms with E-state index >= 15 is 0 Å². The van der Waals surface area contributed by atoms with Gasteiger partial charge in [-0.1, -0.05) is 24.3 Å². The lowest BCUT2D eigenvalue weighted by Crippen LogP contribution is -2.36. The molecule has 0 aliphatic carbocycles. The Balaban J connectivity index is 2.04. The zero-order valence-electron chi connectivity index (χ0n) is 14.4. The summed E-state index contributed by atoms with van der Waals surface area (Å²) in [4.78, 5) is 0.167. The molecule has 0 bridgehead atoms. The van der Waals surface area contributed by atoms with Crippen molar-refractivity contribution < 1.29 is 17.9 Å². The van der Waals surface area contributed by atoms with E-state index < -0.39 is 10.0 Å². The van der Waals surface area contributed by atoms with Crippen LogP contribution in [0.2, 0.25) is 0 Å². The summed E-state index contributed by atoms with van der Waals surface area (Å²) in [5, 5.41) is 0. The summed E-state index contributed by atoms with van der Waals surface area (Å²) in [7, 11) is -2.13. The lowest BCUT2D eigenvalue weighted by Gasteiger charge is -2.17. The van der Waals surface area contributed by atoms with Crippen LogP contribution in [0.4, 0.5) is 0 Å². The average Bonchev–Trinajstić information content (AvgIpc) is 2.54. The largest absolute Gasteiger partial charge is 0.497 e. The summed E-state index contributed by atoms with van der Waals surface area (Å²) >= 11 is 0. The second-order valence-electron chi connectivity index (χ2n) is 5.73. The molecule has 0 saturated carbocycles. The van der Waals surface area contributed by atoms with Gasteiger partial charge in [-0.25, -0.2) is 13.1 Å². The number of methoxy groups -OCH3 is 1. The Labute approximate surface area is 143 Å². The van der Waals surface area contributed by atoms with E-state index in [2.05, 4.69) is 4.72 Å². The van der Waals surface area contributed by atoms with Crippen LogP contribution in [0, 0.1) is 13.8 Å². The fraction of sp³-hybridized carbons (Fsp3) is 0.333. The third-order valence-electron chi connectivity index (χ3n) is 3.59. The normalized spacial score (nSPS) is 12.7. The molecule has 5 nitrogen and oxygen atoms in total. The Morgan fingerprint density at radius 1 is 1.08 bits per heavy atom. The summed E-state index contributed by atoms with van der Waals surface area (Å²) in [6.45, 7) is 5.95. The molecule has 6 heteroatoms.